The molecule has 0 aliphatic carbocycles. The first-order chi connectivity index (χ1) is 14.6. The number of hydrogen-bond acceptors (Lipinski definition) is 4. The van der Waals surface area contributed by atoms with Gasteiger partial charge in [-0.25, -0.2) is 4.39 Å². The van der Waals surface area contributed by atoms with Crippen LogP contribution in [0.4, 0.5) is 10.1 Å². The molecule has 1 aliphatic rings. The molecule has 1 atom stereocenters. The van der Waals surface area contributed by atoms with E-state index in [4.69, 9.17) is 9.84 Å². The Balaban J connectivity index is 1.42. The number of fused-ring (bicyclic) bond motifs is 1. The molecule has 0 spiro atoms. The molecule has 0 radical (unpaired) electrons. The number of aromatic amines is 1. The van der Waals surface area contributed by atoms with E-state index in [-0.39, 0.29) is 13.2 Å². The summed E-state index contributed by atoms with van der Waals surface area (Å²) in [5, 5.41) is 9.78. The van der Waals surface area contributed by atoms with E-state index in [2.05, 4.69) is 21.8 Å². The average Bonchev–Trinajstić information content (AvgIpc) is 3.16. The van der Waals surface area contributed by atoms with Crippen molar-refractivity contribution in [3.63, 3.8) is 0 Å². The smallest absolute Gasteiger partial charge is 0.139 e. The molecule has 4 rings (SSSR count). The van der Waals surface area contributed by atoms with Crippen molar-refractivity contribution < 1.29 is 14.2 Å². The fourth-order valence-electron chi connectivity index (χ4n) is 3.14. The van der Waals surface area contributed by atoms with Crippen molar-refractivity contribution in [3.8, 4) is 23.3 Å². The van der Waals surface area contributed by atoms with Gasteiger partial charge in [-0.15, -0.1) is 0 Å². The van der Waals surface area contributed by atoms with Crippen LogP contribution in [0.3, 0.4) is 0 Å². The largest absolute Gasteiger partial charge is 0.457 e. The quantitative estimate of drug-likeness (QED) is 0.643. The molecule has 5 nitrogen and oxygen atoms in total. The third-order valence-corrected chi connectivity index (χ3v) is 4.75. The average molecular weight is 403 g/mol. The van der Waals surface area contributed by atoms with Crippen LogP contribution in [0, 0.1) is 11.8 Å². The summed E-state index contributed by atoms with van der Waals surface area (Å²) in [6.07, 6.45) is 0.534. The van der Waals surface area contributed by atoms with Crippen LogP contribution in [-0.2, 0) is 0 Å². The Morgan fingerprint density at radius 2 is 1.83 bits per heavy atom. The van der Waals surface area contributed by atoms with E-state index >= 15 is 0 Å². The summed E-state index contributed by atoms with van der Waals surface area (Å²) < 4.78 is 19.3. The minimum atomic E-state index is -1.03. The topological polar surface area (TPSA) is 60.9 Å². The number of halogens is 1. The zero-order valence-corrected chi connectivity index (χ0v) is 16.6. The maximum Gasteiger partial charge on any atom is 0.139 e. The molecule has 1 aromatic heterocycles. The summed E-state index contributed by atoms with van der Waals surface area (Å²) in [4.78, 5) is 9.25. The van der Waals surface area contributed by atoms with Crippen LogP contribution in [0.25, 0.3) is 6.08 Å². The molecule has 1 unspecified atom stereocenters. The van der Waals surface area contributed by atoms with Crippen molar-refractivity contribution >= 4 is 11.8 Å². The second-order valence-electron chi connectivity index (χ2n) is 7.03. The zero-order valence-electron chi connectivity index (χ0n) is 16.6. The number of alkyl halides is 1. The molecular weight excluding hydrogens is 381 g/mol. The van der Waals surface area contributed by atoms with Crippen LogP contribution < -0.4 is 20.3 Å². The number of anilines is 1. The van der Waals surface area contributed by atoms with Gasteiger partial charge in [0.25, 0.3) is 0 Å². The van der Waals surface area contributed by atoms with Gasteiger partial charge >= 0.3 is 0 Å². The lowest BCUT2D eigenvalue weighted by Crippen LogP contribution is -2.30. The number of hydrogen-bond donors (Lipinski definition) is 2. The van der Waals surface area contributed by atoms with Gasteiger partial charge < -0.3 is 19.7 Å². The number of aliphatic hydroxyl groups excluding tert-OH is 1. The third-order valence-electron chi connectivity index (χ3n) is 4.75. The maximum absolute atomic E-state index is 13.4. The van der Waals surface area contributed by atoms with E-state index in [1.54, 1.807) is 6.08 Å². The first kappa shape index (κ1) is 19.7. The Morgan fingerprint density at radius 1 is 1.13 bits per heavy atom. The van der Waals surface area contributed by atoms with Gasteiger partial charge in [-0.1, -0.05) is 5.92 Å². The van der Waals surface area contributed by atoms with Crippen LogP contribution in [-0.4, -0.2) is 43.0 Å². The number of nitrogens with zero attached hydrogens (tertiary/aromatic N) is 2. The molecule has 0 fully saturated rings. The van der Waals surface area contributed by atoms with E-state index in [0.29, 0.717) is 17.7 Å². The van der Waals surface area contributed by atoms with Crippen molar-refractivity contribution in [3.05, 3.63) is 76.6 Å². The molecule has 3 aromatic rings. The highest BCUT2D eigenvalue weighted by atomic mass is 19.1. The van der Waals surface area contributed by atoms with Crippen molar-refractivity contribution in [2.24, 2.45) is 4.99 Å². The van der Waals surface area contributed by atoms with Crippen molar-refractivity contribution in [1.29, 1.82) is 0 Å². The molecule has 30 heavy (non-hydrogen) atoms. The first-order valence-electron chi connectivity index (χ1n) is 9.72. The van der Waals surface area contributed by atoms with E-state index < -0.39 is 6.17 Å². The molecule has 0 saturated heterocycles. The molecule has 0 bridgehead atoms. The number of aliphatic hydroxyl groups is 1. The van der Waals surface area contributed by atoms with E-state index in [1.807, 2.05) is 66.5 Å². The minimum Gasteiger partial charge on any atom is -0.457 e. The fourth-order valence-corrected chi connectivity index (χ4v) is 3.14. The molecule has 152 valence electrons. The Labute approximate surface area is 174 Å². The molecule has 2 N–H and O–H groups in total. The molecule has 0 amide bonds. The van der Waals surface area contributed by atoms with Crippen molar-refractivity contribution in [1.82, 2.24) is 4.98 Å². The summed E-state index contributed by atoms with van der Waals surface area (Å²) in [5.41, 5.74) is 3.26. The Hall–Kier alpha value is -3.56. The predicted octanol–water partition coefficient (Wildman–Crippen LogP) is 2.39. The second kappa shape index (κ2) is 8.85. The highest BCUT2D eigenvalue weighted by molar-refractivity contribution is 5.49. The van der Waals surface area contributed by atoms with Gasteiger partial charge in [-0.2, -0.15) is 0 Å². The number of ether oxygens (including phenoxy) is 1. The van der Waals surface area contributed by atoms with E-state index in [9.17, 15) is 4.39 Å². The van der Waals surface area contributed by atoms with Crippen LogP contribution in [0.5, 0.6) is 11.5 Å². The van der Waals surface area contributed by atoms with Gasteiger partial charge in [0.05, 0.1) is 18.8 Å². The number of aromatic nitrogens is 1. The summed E-state index contributed by atoms with van der Waals surface area (Å²) in [5.74, 6) is 7.60. The summed E-state index contributed by atoms with van der Waals surface area (Å²) >= 11 is 0. The number of likely N-dealkylation sites (N-methyl/N-ethyl adjacent to an activating group) is 1. The standard InChI is InChI=1S/C24H22FN3O2/c1-28(12-13-29)21-6-10-23(11-7-21)30-22-8-3-17(4-9-22)2-5-20-15-18-14-19(25)16-26-24(18)27-20/h3-4,6-11,14-15,19,29H,12-13,16H2,1H3,(H,26,27). The van der Waals surface area contributed by atoms with E-state index in [1.165, 1.54) is 0 Å². The third kappa shape index (κ3) is 4.70. The van der Waals surface area contributed by atoms with Crippen LogP contribution in [0.1, 0.15) is 11.3 Å². The number of nitrogens with one attached hydrogen (secondary N) is 1. The summed E-state index contributed by atoms with van der Waals surface area (Å²) in [6.45, 7) is 0.850. The van der Waals surface area contributed by atoms with Gasteiger partial charge in [0.2, 0.25) is 0 Å². The molecule has 1 aliphatic heterocycles. The van der Waals surface area contributed by atoms with Gasteiger partial charge in [-0.3, -0.25) is 4.99 Å². The molecule has 2 aromatic carbocycles. The summed E-state index contributed by atoms with van der Waals surface area (Å²) in [7, 11) is 1.93. The van der Waals surface area contributed by atoms with Gasteiger partial charge in [-0.05, 0) is 66.6 Å². The van der Waals surface area contributed by atoms with Gasteiger partial charge in [0, 0.05) is 30.1 Å². The normalized spacial score (nSPS) is 14.6. The van der Waals surface area contributed by atoms with Gasteiger partial charge in [0.15, 0.2) is 0 Å². The summed E-state index contributed by atoms with van der Waals surface area (Å²) in [6, 6.07) is 17.0. The van der Waals surface area contributed by atoms with Crippen molar-refractivity contribution in [2.45, 2.75) is 6.17 Å². The highest BCUT2D eigenvalue weighted by Gasteiger charge is 2.07. The van der Waals surface area contributed by atoms with Crippen LogP contribution in [0.2, 0.25) is 0 Å². The Bertz CT molecular complexity index is 1190. The van der Waals surface area contributed by atoms with Crippen LogP contribution >= 0.6 is 0 Å². The predicted molar refractivity (Wildman–Crippen MR) is 115 cm³/mol. The maximum atomic E-state index is 13.4. The zero-order chi connectivity index (χ0) is 20.9. The number of H-pyrrole nitrogens is 1. The van der Waals surface area contributed by atoms with E-state index in [0.717, 1.165) is 28.0 Å². The Kier molecular flexibility index (Phi) is 5.82. The first-order valence-corrected chi connectivity index (χ1v) is 9.72. The van der Waals surface area contributed by atoms with Gasteiger partial charge in [0.1, 0.15) is 23.2 Å². The number of benzene rings is 2. The lowest BCUT2D eigenvalue weighted by atomic mass is 10.2. The molecule has 6 heteroatoms. The number of rotatable bonds is 5. The lowest BCUT2D eigenvalue weighted by molar-refractivity contribution is 0.304. The molecule has 0 saturated carbocycles. The van der Waals surface area contributed by atoms with Crippen molar-refractivity contribution in [2.75, 3.05) is 31.6 Å². The minimum absolute atomic E-state index is 0.113. The fraction of sp³-hybridized carbons (Fsp3) is 0.208. The molecule has 2 heterocycles. The SMILES string of the molecule is CN(CCO)c1ccc(Oc2ccc(C#Cc3cc4c([nH]3)=NCC(F)C=4)cc2)cc1. The second-order valence-corrected chi connectivity index (χ2v) is 7.03. The monoisotopic (exact) mass is 403 g/mol. The highest BCUT2D eigenvalue weighted by Crippen LogP contribution is 2.24. The molecular formula is C24H22FN3O2. The lowest BCUT2D eigenvalue weighted by Gasteiger charge is -2.18. The van der Waals surface area contributed by atoms with Crippen LogP contribution in [0.15, 0.2) is 59.6 Å². The Morgan fingerprint density at radius 3 is 2.53 bits per heavy atom.